The molecule has 0 N–H and O–H groups in total. The van der Waals surface area contributed by atoms with Crippen LogP contribution in [0.1, 0.15) is 37.7 Å². The van der Waals surface area contributed by atoms with Crippen LogP contribution in [0.2, 0.25) is 0 Å². The van der Waals surface area contributed by atoms with Crippen LogP contribution in [0.15, 0.2) is 18.3 Å². The number of likely N-dealkylation sites (tertiary alicyclic amines) is 1. The number of ketones is 1. The van der Waals surface area contributed by atoms with Gasteiger partial charge in [0, 0.05) is 25.6 Å². The van der Waals surface area contributed by atoms with E-state index in [1.807, 2.05) is 6.92 Å². The standard InChI is InChI=1S/C16H23FN2O/c1-11-6-12(2)9-19(8-11)10-13(3)16(20)15-5-4-14(17)7-18-15/h4-5,7,11-13H,6,8-10H2,1-3H3. The van der Waals surface area contributed by atoms with Gasteiger partial charge < -0.3 is 4.90 Å². The van der Waals surface area contributed by atoms with Crippen LogP contribution in [0.5, 0.6) is 0 Å². The lowest BCUT2D eigenvalue weighted by Crippen LogP contribution is -2.42. The molecule has 3 nitrogen and oxygen atoms in total. The van der Waals surface area contributed by atoms with Gasteiger partial charge in [0.25, 0.3) is 0 Å². The Morgan fingerprint density at radius 3 is 2.60 bits per heavy atom. The van der Waals surface area contributed by atoms with E-state index in [1.165, 1.54) is 18.6 Å². The number of piperidine rings is 1. The van der Waals surface area contributed by atoms with E-state index in [9.17, 15) is 9.18 Å². The molecule has 0 aliphatic carbocycles. The van der Waals surface area contributed by atoms with Crippen molar-refractivity contribution < 1.29 is 9.18 Å². The van der Waals surface area contributed by atoms with Crippen LogP contribution in [0.4, 0.5) is 4.39 Å². The summed E-state index contributed by atoms with van der Waals surface area (Å²) >= 11 is 0. The lowest BCUT2D eigenvalue weighted by atomic mass is 9.91. The molecule has 0 saturated carbocycles. The Morgan fingerprint density at radius 2 is 2.05 bits per heavy atom. The van der Waals surface area contributed by atoms with Crippen LogP contribution in [-0.4, -0.2) is 35.3 Å². The summed E-state index contributed by atoms with van der Waals surface area (Å²) in [6.07, 6.45) is 2.36. The molecule has 1 aromatic heterocycles. The minimum Gasteiger partial charge on any atom is -0.302 e. The Morgan fingerprint density at radius 1 is 1.40 bits per heavy atom. The maximum atomic E-state index is 12.8. The van der Waals surface area contributed by atoms with E-state index in [2.05, 4.69) is 23.7 Å². The molecule has 0 radical (unpaired) electrons. The molecule has 1 saturated heterocycles. The van der Waals surface area contributed by atoms with E-state index in [1.54, 1.807) is 0 Å². The summed E-state index contributed by atoms with van der Waals surface area (Å²) in [5.41, 5.74) is 0.358. The van der Waals surface area contributed by atoms with Crippen molar-refractivity contribution in [3.63, 3.8) is 0 Å². The summed E-state index contributed by atoms with van der Waals surface area (Å²) in [5, 5.41) is 0. The van der Waals surface area contributed by atoms with Crippen LogP contribution in [0.3, 0.4) is 0 Å². The zero-order valence-electron chi connectivity index (χ0n) is 12.5. The molecule has 0 bridgehead atoms. The summed E-state index contributed by atoms with van der Waals surface area (Å²) in [7, 11) is 0. The first-order valence-corrected chi connectivity index (χ1v) is 7.33. The predicted molar refractivity (Wildman–Crippen MR) is 77.1 cm³/mol. The zero-order valence-corrected chi connectivity index (χ0v) is 12.5. The quantitative estimate of drug-likeness (QED) is 0.794. The fourth-order valence-corrected chi connectivity index (χ4v) is 3.19. The second-order valence-corrected chi connectivity index (χ2v) is 6.29. The number of halogens is 1. The van der Waals surface area contributed by atoms with Crippen LogP contribution in [-0.2, 0) is 0 Å². The first-order chi connectivity index (χ1) is 9.45. The topological polar surface area (TPSA) is 33.2 Å². The minimum atomic E-state index is -0.409. The number of aromatic nitrogens is 1. The number of nitrogens with zero attached hydrogens (tertiary/aromatic N) is 2. The molecule has 0 spiro atoms. The fourth-order valence-electron chi connectivity index (χ4n) is 3.19. The third kappa shape index (κ3) is 3.85. The first-order valence-electron chi connectivity index (χ1n) is 7.33. The number of rotatable bonds is 4. The van der Waals surface area contributed by atoms with Gasteiger partial charge in [-0.25, -0.2) is 4.39 Å². The summed E-state index contributed by atoms with van der Waals surface area (Å²) in [4.78, 5) is 18.5. The van der Waals surface area contributed by atoms with Crippen molar-refractivity contribution in [3.8, 4) is 0 Å². The number of hydrogen-bond acceptors (Lipinski definition) is 3. The van der Waals surface area contributed by atoms with E-state index in [0.29, 0.717) is 17.5 Å². The van der Waals surface area contributed by atoms with E-state index in [4.69, 9.17) is 0 Å². The van der Waals surface area contributed by atoms with Crippen LogP contribution >= 0.6 is 0 Å². The number of pyridine rings is 1. The Bertz CT molecular complexity index is 450. The van der Waals surface area contributed by atoms with Crippen molar-refractivity contribution in [1.29, 1.82) is 0 Å². The maximum Gasteiger partial charge on any atom is 0.185 e. The van der Waals surface area contributed by atoms with Gasteiger partial charge in [-0.15, -0.1) is 0 Å². The molecule has 4 heteroatoms. The molecule has 1 aliphatic rings. The molecule has 2 heterocycles. The molecule has 110 valence electrons. The number of carbonyl (C=O) groups excluding carboxylic acids is 1. The smallest absolute Gasteiger partial charge is 0.185 e. The summed E-state index contributed by atoms with van der Waals surface area (Å²) < 4.78 is 12.8. The monoisotopic (exact) mass is 278 g/mol. The van der Waals surface area contributed by atoms with Gasteiger partial charge in [-0.2, -0.15) is 0 Å². The van der Waals surface area contributed by atoms with Crippen LogP contribution in [0.25, 0.3) is 0 Å². The predicted octanol–water partition coefficient (Wildman–Crippen LogP) is 3.02. The van der Waals surface area contributed by atoms with E-state index < -0.39 is 5.82 Å². The summed E-state index contributed by atoms with van der Waals surface area (Å²) in [6, 6.07) is 2.76. The van der Waals surface area contributed by atoms with Gasteiger partial charge in [-0.05, 0) is 30.4 Å². The van der Waals surface area contributed by atoms with Gasteiger partial charge in [-0.1, -0.05) is 20.8 Å². The van der Waals surface area contributed by atoms with Crippen molar-refractivity contribution in [2.75, 3.05) is 19.6 Å². The molecule has 0 amide bonds. The fraction of sp³-hybridized carbons (Fsp3) is 0.625. The van der Waals surface area contributed by atoms with Crippen molar-refractivity contribution in [3.05, 3.63) is 29.8 Å². The Kier molecular flexibility index (Phi) is 4.86. The summed E-state index contributed by atoms with van der Waals surface area (Å²) in [6.45, 7) is 9.31. The molecule has 20 heavy (non-hydrogen) atoms. The van der Waals surface area contributed by atoms with Gasteiger partial charge in [0.1, 0.15) is 11.5 Å². The van der Waals surface area contributed by atoms with E-state index in [-0.39, 0.29) is 11.7 Å². The first kappa shape index (κ1) is 15.1. The average molecular weight is 278 g/mol. The molecule has 1 fully saturated rings. The minimum absolute atomic E-state index is 0.00382. The molecule has 3 atom stereocenters. The molecular formula is C16H23FN2O. The number of hydrogen-bond donors (Lipinski definition) is 0. The second-order valence-electron chi connectivity index (χ2n) is 6.29. The molecule has 0 aromatic carbocycles. The van der Waals surface area contributed by atoms with Crippen LogP contribution < -0.4 is 0 Å². The highest BCUT2D eigenvalue weighted by Gasteiger charge is 2.25. The highest BCUT2D eigenvalue weighted by molar-refractivity contribution is 5.95. The maximum absolute atomic E-state index is 12.8. The molecule has 2 rings (SSSR count). The van der Waals surface area contributed by atoms with Crippen molar-refractivity contribution >= 4 is 5.78 Å². The van der Waals surface area contributed by atoms with Crippen molar-refractivity contribution in [1.82, 2.24) is 9.88 Å². The van der Waals surface area contributed by atoms with E-state index in [0.717, 1.165) is 25.8 Å². The lowest BCUT2D eigenvalue weighted by Gasteiger charge is -2.36. The molecule has 1 aliphatic heterocycles. The Labute approximate surface area is 120 Å². The zero-order chi connectivity index (χ0) is 14.7. The normalized spacial score (nSPS) is 25.4. The van der Waals surface area contributed by atoms with Gasteiger partial charge in [0.2, 0.25) is 0 Å². The van der Waals surface area contributed by atoms with Gasteiger partial charge in [0.05, 0.1) is 6.20 Å². The molecular weight excluding hydrogens is 255 g/mol. The number of Topliss-reactive ketones (excluding diaryl/α,β-unsaturated/α-hetero) is 1. The summed E-state index contributed by atoms with van der Waals surface area (Å²) in [5.74, 6) is 0.851. The molecule has 1 aromatic rings. The van der Waals surface area contributed by atoms with Crippen LogP contribution in [0, 0.1) is 23.6 Å². The lowest BCUT2D eigenvalue weighted by molar-refractivity contribution is 0.0823. The van der Waals surface area contributed by atoms with Gasteiger partial charge >= 0.3 is 0 Å². The average Bonchev–Trinajstić information content (AvgIpc) is 2.37. The highest BCUT2D eigenvalue weighted by Crippen LogP contribution is 2.22. The Hall–Kier alpha value is -1.29. The van der Waals surface area contributed by atoms with Crippen molar-refractivity contribution in [2.24, 2.45) is 17.8 Å². The third-order valence-electron chi connectivity index (χ3n) is 3.90. The van der Waals surface area contributed by atoms with Gasteiger partial charge in [0.15, 0.2) is 5.78 Å². The van der Waals surface area contributed by atoms with E-state index >= 15 is 0 Å². The second kappa shape index (κ2) is 6.44. The number of carbonyl (C=O) groups is 1. The van der Waals surface area contributed by atoms with Gasteiger partial charge in [-0.3, -0.25) is 9.78 Å². The molecule has 3 unspecified atom stereocenters. The van der Waals surface area contributed by atoms with Crippen molar-refractivity contribution in [2.45, 2.75) is 27.2 Å². The highest BCUT2D eigenvalue weighted by atomic mass is 19.1. The Balaban J connectivity index is 1.95. The largest absolute Gasteiger partial charge is 0.302 e. The third-order valence-corrected chi connectivity index (χ3v) is 3.90. The SMILES string of the molecule is CC1CC(C)CN(CC(C)C(=O)c2ccc(F)cn2)C1.